The van der Waals surface area contributed by atoms with Gasteiger partial charge in [0, 0.05) is 26.7 Å². The smallest absolute Gasteiger partial charge is 0.183 e. The summed E-state index contributed by atoms with van der Waals surface area (Å²) in [4.78, 5) is 4.59. The van der Waals surface area contributed by atoms with Gasteiger partial charge in [0.05, 0.1) is 16.8 Å². The van der Waals surface area contributed by atoms with E-state index in [4.69, 9.17) is 9.47 Å². The predicted molar refractivity (Wildman–Crippen MR) is 78.0 cm³/mol. The maximum Gasteiger partial charge on any atom is 0.183 e. The lowest BCUT2D eigenvalue weighted by molar-refractivity contribution is -0.00619. The molecule has 1 aromatic heterocycles. The number of hydrogen-bond acceptors (Lipinski definition) is 5. The van der Waals surface area contributed by atoms with Crippen LogP contribution in [0.5, 0.6) is 0 Å². The van der Waals surface area contributed by atoms with Gasteiger partial charge in [-0.3, -0.25) is 0 Å². The number of thiazole rings is 1. The molecule has 1 fully saturated rings. The summed E-state index contributed by atoms with van der Waals surface area (Å²) in [5.74, 6) is 0. The number of aryl methyl sites for hydroxylation is 1. The SMILES string of the molecule is COC1(CNc2nc3ccc(C)cc3s2)CCOC1. The highest BCUT2D eigenvalue weighted by molar-refractivity contribution is 7.22. The Hall–Kier alpha value is -1.17. The fourth-order valence-corrected chi connectivity index (χ4v) is 3.26. The molecule has 0 amide bonds. The first kappa shape index (κ1) is 12.8. The number of aromatic nitrogens is 1. The highest BCUT2D eigenvalue weighted by Gasteiger charge is 2.34. The van der Waals surface area contributed by atoms with E-state index in [1.54, 1.807) is 18.4 Å². The van der Waals surface area contributed by atoms with Crippen molar-refractivity contribution < 1.29 is 9.47 Å². The molecule has 5 heteroatoms. The number of benzene rings is 1. The molecule has 2 heterocycles. The lowest BCUT2D eigenvalue weighted by atomic mass is 10.0. The second-order valence-corrected chi connectivity index (χ2v) is 6.06. The van der Waals surface area contributed by atoms with E-state index in [-0.39, 0.29) is 5.60 Å². The minimum Gasteiger partial charge on any atom is -0.378 e. The van der Waals surface area contributed by atoms with Gasteiger partial charge in [0.1, 0.15) is 5.60 Å². The van der Waals surface area contributed by atoms with Crippen LogP contribution in [0, 0.1) is 6.92 Å². The minimum absolute atomic E-state index is 0.201. The number of methoxy groups -OCH3 is 1. The summed E-state index contributed by atoms with van der Waals surface area (Å²) < 4.78 is 12.3. The maximum absolute atomic E-state index is 5.60. The Kier molecular flexibility index (Phi) is 3.43. The van der Waals surface area contributed by atoms with Gasteiger partial charge < -0.3 is 14.8 Å². The molecule has 0 saturated carbocycles. The van der Waals surface area contributed by atoms with Crippen molar-refractivity contribution in [3.8, 4) is 0 Å². The first-order valence-corrected chi connectivity index (χ1v) is 7.26. The molecule has 102 valence electrons. The van der Waals surface area contributed by atoms with E-state index < -0.39 is 0 Å². The Morgan fingerprint density at radius 1 is 1.53 bits per heavy atom. The Labute approximate surface area is 116 Å². The third-order valence-corrected chi connectivity index (χ3v) is 4.58. The monoisotopic (exact) mass is 278 g/mol. The molecule has 1 N–H and O–H groups in total. The summed E-state index contributed by atoms with van der Waals surface area (Å²) in [5.41, 5.74) is 2.11. The average Bonchev–Trinajstić information content (AvgIpc) is 3.02. The number of nitrogens with one attached hydrogen (secondary N) is 1. The van der Waals surface area contributed by atoms with Crippen molar-refractivity contribution in [1.82, 2.24) is 4.98 Å². The normalized spacial score (nSPS) is 23.1. The molecule has 1 atom stereocenters. The summed E-state index contributed by atoms with van der Waals surface area (Å²) in [5, 5.41) is 4.34. The van der Waals surface area contributed by atoms with Gasteiger partial charge in [0.2, 0.25) is 0 Å². The first-order valence-electron chi connectivity index (χ1n) is 6.45. The van der Waals surface area contributed by atoms with Crippen LogP contribution < -0.4 is 5.32 Å². The lowest BCUT2D eigenvalue weighted by Gasteiger charge is -2.25. The Bertz CT molecular complexity index is 576. The number of ether oxygens (including phenoxy) is 2. The van der Waals surface area contributed by atoms with Gasteiger partial charge in [-0.25, -0.2) is 4.98 Å². The molecule has 1 saturated heterocycles. The Morgan fingerprint density at radius 2 is 2.42 bits per heavy atom. The summed E-state index contributed by atoms with van der Waals surface area (Å²) in [6.45, 7) is 4.26. The van der Waals surface area contributed by atoms with Crippen LogP contribution in [0.1, 0.15) is 12.0 Å². The van der Waals surface area contributed by atoms with E-state index in [0.717, 1.165) is 30.2 Å². The second kappa shape index (κ2) is 5.07. The topological polar surface area (TPSA) is 43.4 Å². The number of nitrogens with zero attached hydrogens (tertiary/aromatic N) is 1. The second-order valence-electron chi connectivity index (χ2n) is 5.03. The van der Waals surface area contributed by atoms with E-state index in [0.29, 0.717) is 6.61 Å². The quantitative estimate of drug-likeness (QED) is 0.934. The van der Waals surface area contributed by atoms with Crippen molar-refractivity contribution in [2.75, 3.05) is 32.2 Å². The van der Waals surface area contributed by atoms with Gasteiger partial charge in [-0.05, 0) is 24.6 Å². The highest BCUT2D eigenvalue weighted by atomic mass is 32.1. The van der Waals surface area contributed by atoms with E-state index in [2.05, 4.69) is 35.4 Å². The first-order chi connectivity index (χ1) is 9.21. The van der Waals surface area contributed by atoms with Crippen molar-refractivity contribution >= 4 is 26.7 Å². The van der Waals surface area contributed by atoms with Crippen LogP contribution in [0.3, 0.4) is 0 Å². The largest absolute Gasteiger partial charge is 0.378 e. The number of hydrogen-bond donors (Lipinski definition) is 1. The maximum atomic E-state index is 5.60. The summed E-state index contributed by atoms with van der Waals surface area (Å²) in [7, 11) is 1.75. The molecular weight excluding hydrogens is 260 g/mol. The number of fused-ring (bicyclic) bond motifs is 1. The van der Waals surface area contributed by atoms with Crippen LogP contribution in [0.4, 0.5) is 5.13 Å². The lowest BCUT2D eigenvalue weighted by Crippen LogP contribution is -2.39. The molecule has 4 nitrogen and oxygen atoms in total. The standard InChI is InChI=1S/C14H18N2O2S/c1-10-3-4-11-12(7-10)19-13(16-11)15-8-14(17-2)5-6-18-9-14/h3-4,7H,5-6,8-9H2,1-2H3,(H,15,16). The molecule has 2 aromatic rings. The molecular formula is C14H18N2O2S. The van der Waals surface area contributed by atoms with Gasteiger partial charge >= 0.3 is 0 Å². The number of rotatable bonds is 4. The third kappa shape index (κ3) is 2.59. The average molecular weight is 278 g/mol. The van der Waals surface area contributed by atoms with Crippen molar-refractivity contribution in [1.29, 1.82) is 0 Å². The van der Waals surface area contributed by atoms with Crippen LogP contribution in [-0.2, 0) is 9.47 Å². The van der Waals surface area contributed by atoms with Crippen LogP contribution in [-0.4, -0.2) is 37.5 Å². The highest BCUT2D eigenvalue weighted by Crippen LogP contribution is 2.28. The predicted octanol–water partition coefficient (Wildman–Crippen LogP) is 2.82. The molecule has 0 aliphatic carbocycles. The number of anilines is 1. The molecule has 0 radical (unpaired) electrons. The molecule has 19 heavy (non-hydrogen) atoms. The Morgan fingerprint density at radius 3 is 3.16 bits per heavy atom. The van der Waals surface area contributed by atoms with Gasteiger partial charge in [-0.2, -0.15) is 0 Å². The third-order valence-electron chi connectivity index (χ3n) is 3.61. The van der Waals surface area contributed by atoms with Crippen molar-refractivity contribution in [2.45, 2.75) is 18.9 Å². The zero-order valence-corrected chi connectivity index (χ0v) is 12.0. The fourth-order valence-electron chi connectivity index (χ4n) is 2.31. The molecule has 1 aliphatic heterocycles. The summed E-state index contributed by atoms with van der Waals surface area (Å²) >= 11 is 1.69. The fraction of sp³-hybridized carbons (Fsp3) is 0.500. The van der Waals surface area contributed by atoms with Crippen LogP contribution >= 0.6 is 11.3 Å². The molecule has 1 aliphatic rings. The van der Waals surface area contributed by atoms with Crippen molar-refractivity contribution in [2.24, 2.45) is 0 Å². The Balaban J connectivity index is 1.74. The zero-order valence-electron chi connectivity index (χ0n) is 11.2. The summed E-state index contributed by atoms with van der Waals surface area (Å²) in [6, 6.07) is 6.33. The molecule has 1 unspecified atom stereocenters. The van der Waals surface area contributed by atoms with Crippen molar-refractivity contribution in [3.63, 3.8) is 0 Å². The molecule has 3 rings (SSSR count). The van der Waals surface area contributed by atoms with Gasteiger partial charge in [0.15, 0.2) is 5.13 Å². The zero-order chi connectivity index (χ0) is 13.3. The van der Waals surface area contributed by atoms with E-state index in [1.807, 2.05) is 0 Å². The van der Waals surface area contributed by atoms with E-state index in [1.165, 1.54) is 10.3 Å². The molecule has 0 spiro atoms. The van der Waals surface area contributed by atoms with Crippen LogP contribution in [0.15, 0.2) is 18.2 Å². The molecule has 0 bridgehead atoms. The van der Waals surface area contributed by atoms with Gasteiger partial charge in [0.25, 0.3) is 0 Å². The van der Waals surface area contributed by atoms with Crippen LogP contribution in [0.25, 0.3) is 10.2 Å². The van der Waals surface area contributed by atoms with Crippen molar-refractivity contribution in [3.05, 3.63) is 23.8 Å². The van der Waals surface area contributed by atoms with Gasteiger partial charge in [-0.15, -0.1) is 0 Å². The van der Waals surface area contributed by atoms with E-state index >= 15 is 0 Å². The summed E-state index contributed by atoms with van der Waals surface area (Å²) in [6.07, 6.45) is 0.931. The minimum atomic E-state index is -0.201. The van der Waals surface area contributed by atoms with E-state index in [9.17, 15) is 0 Å². The molecule has 1 aromatic carbocycles. The van der Waals surface area contributed by atoms with Gasteiger partial charge in [-0.1, -0.05) is 17.4 Å². The van der Waals surface area contributed by atoms with Crippen LogP contribution in [0.2, 0.25) is 0 Å².